The lowest BCUT2D eigenvalue weighted by molar-refractivity contribution is -0.138. The van der Waals surface area contributed by atoms with Crippen LogP contribution in [0.2, 0.25) is 0 Å². The summed E-state index contributed by atoms with van der Waals surface area (Å²) in [6.45, 7) is 6.21. The average Bonchev–Trinajstić information content (AvgIpc) is 3.33. The van der Waals surface area contributed by atoms with Crippen LogP contribution in [-0.4, -0.2) is 59.7 Å². The second-order valence-corrected chi connectivity index (χ2v) is 8.61. The maximum atomic E-state index is 13.2. The number of carbonyl (C=O) groups is 3. The van der Waals surface area contributed by atoms with Crippen LogP contribution in [0.15, 0.2) is 24.3 Å². The Kier molecular flexibility index (Phi) is 8.04. The fraction of sp³-hybridized carbons (Fsp3) is 0.625. The Morgan fingerprint density at radius 1 is 1.03 bits per heavy atom. The van der Waals surface area contributed by atoms with Crippen LogP contribution in [0, 0.1) is 17.7 Å². The molecule has 0 aromatic heterocycles. The number of nitrogens with one attached hydrogen (secondary N) is 1. The minimum Gasteiger partial charge on any atom is -0.342 e. The summed E-state index contributed by atoms with van der Waals surface area (Å²) < 4.78 is 13.2. The van der Waals surface area contributed by atoms with E-state index in [0.29, 0.717) is 44.6 Å². The Morgan fingerprint density at radius 3 is 2.16 bits per heavy atom. The van der Waals surface area contributed by atoms with Crippen molar-refractivity contribution < 1.29 is 18.8 Å². The van der Waals surface area contributed by atoms with Crippen molar-refractivity contribution in [3.05, 3.63) is 35.6 Å². The van der Waals surface area contributed by atoms with Gasteiger partial charge in [-0.25, -0.2) is 4.39 Å². The molecule has 3 amide bonds. The van der Waals surface area contributed by atoms with Gasteiger partial charge in [-0.15, -0.1) is 0 Å². The van der Waals surface area contributed by atoms with Crippen LogP contribution in [0.3, 0.4) is 0 Å². The molecule has 2 fully saturated rings. The molecular weight excluding hydrogens is 397 g/mol. The fourth-order valence-corrected chi connectivity index (χ4v) is 4.82. The van der Waals surface area contributed by atoms with E-state index in [-0.39, 0.29) is 29.6 Å². The highest BCUT2D eigenvalue weighted by molar-refractivity contribution is 5.97. The number of likely N-dealkylation sites (N-methyl/N-ethyl adjacent to an activating group) is 1. The third kappa shape index (κ3) is 5.63. The summed E-state index contributed by atoms with van der Waals surface area (Å²) in [5.74, 6) is -0.520. The molecule has 1 heterocycles. The summed E-state index contributed by atoms with van der Waals surface area (Å²) in [7, 11) is 0. The number of likely N-dealkylation sites (tertiary alicyclic amines) is 1. The summed E-state index contributed by atoms with van der Waals surface area (Å²) >= 11 is 0. The van der Waals surface area contributed by atoms with Crippen LogP contribution >= 0.6 is 0 Å². The largest absolute Gasteiger partial charge is 0.342 e. The Morgan fingerprint density at radius 2 is 1.61 bits per heavy atom. The van der Waals surface area contributed by atoms with Crippen LogP contribution in [0.1, 0.15) is 62.7 Å². The summed E-state index contributed by atoms with van der Waals surface area (Å²) in [6, 6.07) is 4.67. The second-order valence-electron chi connectivity index (χ2n) is 8.61. The minimum absolute atomic E-state index is 0.0369. The lowest BCUT2D eigenvalue weighted by atomic mass is 9.87. The molecule has 3 rings (SSSR count). The van der Waals surface area contributed by atoms with Crippen molar-refractivity contribution in [2.75, 3.05) is 26.2 Å². The van der Waals surface area contributed by atoms with Crippen LogP contribution < -0.4 is 5.32 Å². The van der Waals surface area contributed by atoms with Crippen molar-refractivity contribution >= 4 is 17.7 Å². The zero-order chi connectivity index (χ0) is 22.4. The van der Waals surface area contributed by atoms with Crippen LogP contribution in [0.25, 0.3) is 0 Å². The SMILES string of the molecule is CCN(CC)C(=O)C(NC(=O)c1ccc(F)cc1)C1CCN(C(=O)C2CCCC2)CC1. The Balaban J connectivity index is 1.69. The van der Waals surface area contributed by atoms with Gasteiger partial charge in [0.05, 0.1) is 0 Å². The molecule has 1 saturated carbocycles. The lowest BCUT2D eigenvalue weighted by Crippen LogP contribution is -2.55. The van der Waals surface area contributed by atoms with Crippen LogP contribution in [0.5, 0.6) is 0 Å². The molecule has 1 N–H and O–H groups in total. The third-order valence-corrected chi connectivity index (χ3v) is 6.76. The van der Waals surface area contributed by atoms with Gasteiger partial charge in [0.25, 0.3) is 5.91 Å². The number of hydrogen-bond acceptors (Lipinski definition) is 3. The zero-order valence-electron chi connectivity index (χ0n) is 18.6. The van der Waals surface area contributed by atoms with Gasteiger partial charge >= 0.3 is 0 Å². The van der Waals surface area contributed by atoms with E-state index in [2.05, 4.69) is 5.32 Å². The maximum absolute atomic E-state index is 13.2. The highest BCUT2D eigenvalue weighted by Gasteiger charge is 2.37. The molecule has 31 heavy (non-hydrogen) atoms. The van der Waals surface area contributed by atoms with Gasteiger partial charge in [0.15, 0.2) is 0 Å². The van der Waals surface area contributed by atoms with Crippen LogP contribution in [0.4, 0.5) is 4.39 Å². The third-order valence-electron chi connectivity index (χ3n) is 6.76. The lowest BCUT2D eigenvalue weighted by Gasteiger charge is -2.38. The summed E-state index contributed by atoms with van der Waals surface area (Å²) in [5, 5.41) is 2.91. The van der Waals surface area contributed by atoms with Gasteiger partial charge in [-0.2, -0.15) is 0 Å². The topological polar surface area (TPSA) is 69.7 Å². The Bertz CT molecular complexity index is 765. The average molecular weight is 432 g/mol. The van der Waals surface area contributed by atoms with Gasteiger partial charge in [-0.3, -0.25) is 14.4 Å². The van der Waals surface area contributed by atoms with Crippen molar-refractivity contribution in [1.82, 2.24) is 15.1 Å². The van der Waals surface area contributed by atoms with Gasteiger partial charge in [0.1, 0.15) is 11.9 Å². The monoisotopic (exact) mass is 431 g/mol. The molecular formula is C24H34FN3O3. The number of piperidine rings is 1. The molecule has 7 heteroatoms. The van der Waals surface area contributed by atoms with Gasteiger partial charge in [0.2, 0.25) is 11.8 Å². The molecule has 0 bridgehead atoms. The van der Waals surface area contributed by atoms with Crippen molar-refractivity contribution in [3.8, 4) is 0 Å². The number of carbonyl (C=O) groups excluding carboxylic acids is 3. The van der Waals surface area contributed by atoms with Crippen molar-refractivity contribution in [1.29, 1.82) is 0 Å². The van der Waals surface area contributed by atoms with Gasteiger partial charge in [-0.1, -0.05) is 12.8 Å². The highest BCUT2D eigenvalue weighted by Crippen LogP contribution is 2.29. The molecule has 2 aliphatic rings. The van der Waals surface area contributed by atoms with Gasteiger partial charge < -0.3 is 15.1 Å². The molecule has 1 saturated heterocycles. The number of halogens is 1. The van der Waals surface area contributed by atoms with Crippen LogP contribution in [-0.2, 0) is 9.59 Å². The number of hydrogen-bond donors (Lipinski definition) is 1. The van der Waals surface area contributed by atoms with E-state index < -0.39 is 11.9 Å². The van der Waals surface area contributed by atoms with E-state index in [1.54, 1.807) is 4.90 Å². The fourth-order valence-electron chi connectivity index (χ4n) is 4.82. The van der Waals surface area contributed by atoms with Crippen molar-refractivity contribution in [2.45, 2.75) is 58.4 Å². The number of nitrogens with zero attached hydrogens (tertiary/aromatic N) is 2. The number of rotatable bonds is 7. The smallest absolute Gasteiger partial charge is 0.251 e. The maximum Gasteiger partial charge on any atom is 0.251 e. The molecule has 1 aromatic rings. The van der Waals surface area contributed by atoms with E-state index in [0.717, 1.165) is 25.7 Å². The molecule has 170 valence electrons. The molecule has 1 atom stereocenters. The normalized spacial score (nSPS) is 18.6. The van der Waals surface area contributed by atoms with Crippen molar-refractivity contribution in [3.63, 3.8) is 0 Å². The van der Waals surface area contributed by atoms with E-state index in [1.807, 2.05) is 18.7 Å². The van der Waals surface area contributed by atoms with E-state index >= 15 is 0 Å². The molecule has 1 aliphatic carbocycles. The first-order valence-electron chi connectivity index (χ1n) is 11.6. The first-order chi connectivity index (χ1) is 14.9. The predicted molar refractivity (Wildman–Crippen MR) is 117 cm³/mol. The molecule has 1 aromatic carbocycles. The van der Waals surface area contributed by atoms with Gasteiger partial charge in [-0.05, 0) is 69.7 Å². The van der Waals surface area contributed by atoms with E-state index in [4.69, 9.17) is 0 Å². The highest BCUT2D eigenvalue weighted by atomic mass is 19.1. The first kappa shape index (κ1) is 23.2. The summed E-state index contributed by atoms with van der Waals surface area (Å²) in [4.78, 5) is 42.4. The standard InChI is InChI=1S/C24H34FN3O3/c1-3-27(4-2)24(31)21(26-22(29)18-9-11-20(25)12-10-18)17-13-15-28(16-14-17)23(30)19-7-5-6-8-19/h9-12,17,19,21H,3-8,13-16H2,1-2H3,(H,26,29). The van der Waals surface area contributed by atoms with E-state index in [9.17, 15) is 18.8 Å². The number of amides is 3. The Labute approximate surface area is 184 Å². The quantitative estimate of drug-likeness (QED) is 0.721. The van der Waals surface area contributed by atoms with E-state index in [1.165, 1.54) is 24.3 Å². The summed E-state index contributed by atoms with van der Waals surface area (Å²) in [6.07, 6.45) is 5.58. The molecule has 0 spiro atoms. The molecule has 1 aliphatic heterocycles. The number of benzene rings is 1. The molecule has 0 radical (unpaired) electrons. The minimum atomic E-state index is -0.652. The molecule has 1 unspecified atom stereocenters. The zero-order valence-corrected chi connectivity index (χ0v) is 18.6. The second kappa shape index (κ2) is 10.7. The first-order valence-corrected chi connectivity index (χ1v) is 11.6. The van der Waals surface area contributed by atoms with Crippen molar-refractivity contribution in [2.24, 2.45) is 11.8 Å². The Hall–Kier alpha value is -2.44. The van der Waals surface area contributed by atoms with Gasteiger partial charge in [0, 0.05) is 37.7 Å². The molecule has 6 nitrogen and oxygen atoms in total. The summed E-state index contributed by atoms with van der Waals surface area (Å²) in [5.41, 5.74) is 0.326. The predicted octanol–water partition coefficient (Wildman–Crippen LogP) is 3.22.